The maximum absolute atomic E-state index is 11.7. The van der Waals surface area contributed by atoms with Crippen molar-refractivity contribution in [3.05, 3.63) is 64.9 Å². The molecule has 0 spiro atoms. The molecule has 0 aliphatic heterocycles. The molecule has 0 saturated carbocycles. The van der Waals surface area contributed by atoms with E-state index >= 15 is 0 Å². The lowest BCUT2D eigenvalue weighted by molar-refractivity contribution is -0.192. The number of carbonyl (C=O) groups is 2. The van der Waals surface area contributed by atoms with Gasteiger partial charge in [0.15, 0.2) is 0 Å². The molecule has 5 nitrogen and oxygen atoms in total. The van der Waals surface area contributed by atoms with Gasteiger partial charge in [-0.2, -0.15) is 13.2 Å². The van der Waals surface area contributed by atoms with Crippen molar-refractivity contribution in [1.29, 1.82) is 0 Å². The molecule has 9 heteroatoms. The molecule has 0 atom stereocenters. The molecule has 2 N–H and O–H groups in total. The van der Waals surface area contributed by atoms with E-state index in [2.05, 4.69) is 10.3 Å². The Balaban J connectivity index is 0.000000351. The van der Waals surface area contributed by atoms with Gasteiger partial charge in [0.25, 0.3) is 5.91 Å². The number of alkyl halides is 3. The predicted molar refractivity (Wildman–Crippen MR) is 80.6 cm³/mol. The Labute approximate surface area is 140 Å². The van der Waals surface area contributed by atoms with Crippen LogP contribution >= 0.6 is 11.6 Å². The number of aromatic nitrogens is 1. The number of halogens is 4. The lowest BCUT2D eigenvalue weighted by Gasteiger charge is -2.04. The summed E-state index contributed by atoms with van der Waals surface area (Å²) in [6.45, 7) is 0.440. The van der Waals surface area contributed by atoms with Crippen molar-refractivity contribution in [3.8, 4) is 0 Å². The maximum Gasteiger partial charge on any atom is 0.490 e. The normalized spacial score (nSPS) is 10.3. The molecule has 1 amide bonds. The molecular formula is C15H12ClF3N2O3. The Morgan fingerprint density at radius 3 is 2.33 bits per heavy atom. The first-order valence-electron chi connectivity index (χ1n) is 6.44. The van der Waals surface area contributed by atoms with Gasteiger partial charge in [-0.25, -0.2) is 4.79 Å². The second kappa shape index (κ2) is 8.88. The minimum absolute atomic E-state index is 0.189. The number of amides is 1. The van der Waals surface area contributed by atoms with Crippen LogP contribution in [0.4, 0.5) is 13.2 Å². The zero-order valence-electron chi connectivity index (χ0n) is 12.0. The third-order valence-electron chi connectivity index (χ3n) is 2.48. The zero-order valence-corrected chi connectivity index (χ0v) is 12.8. The minimum Gasteiger partial charge on any atom is -0.475 e. The molecule has 2 aromatic rings. The van der Waals surface area contributed by atoms with Crippen molar-refractivity contribution >= 4 is 23.5 Å². The molecule has 0 unspecified atom stereocenters. The Morgan fingerprint density at radius 2 is 1.83 bits per heavy atom. The molecule has 0 aliphatic rings. The summed E-state index contributed by atoms with van der Waals surface area (Å²) < 4.78 is 31.7. The standard InChI is InChI=1S/C13H11ClN2O.C2HF3O2/c14-11-5-3-4-10(8-11)9-16-13(17)12-6-1-2-7-15-12;3-2(4,5)1(6)7/h1-8H,9H2,(H,16,17);(H,6,7). The number of nitrogens with one attached hydrogen (secondary N) is 1. The number of aliphatic carboxylic acids is 1. The quantitative estimate of drug-likeness (QED) is 0.880. The summed E-state index contributed by atoms with van der Waals surface area (Å²) >= 11 is 5.85. The highest BCUT2D eigenvalue weighted by Crippen LogP contribution is 2.13. The first kappa shape index (κ1) is 19.4. The first-order chi connectivity index (χ1) is 11.2. The van der Waals surface area contributed by atoms with Crippen molar-refractivity contribution in [3.63, 3.8) is 0 Å². The summed E-state index contributed by atoms with van der Waals surface area (Å²) in [7, 11) is 0. The molecule has 24 heavy (non-hydrogen) atoms. The van der Waals surface area contributed by atoms with Gasteiger partial charge in [0.1, 0.15) is 5.69 Å². The Morgan fingerprint density at radius 1 is 1.17 bits per heavy atom. The van der Waals surface area contributed by atoms with E-state index in [1.54, 1.807) is 30.5 Å². The van der Waals surface area contributed by atoms with Crippen LogP contribution in [0.25, 0.3) is 0 Å². The van der Waals surface area contributed by atoms with E-state index in [4.69, 9.17) is 21.5 Å². The van der Waals surface area contributed by atoms with Crippen LogP contribution in [-0.2, 0) is 11.3 Å². The minimum atomic E-state index is -5.08. The summed E-state index contributed by atoms with van der Waals surface area (Å²) in [6, 6.07) is 12.6. The number of carboxylic acid groups (broad SMARTS) is 1. The lowest BCUT2D eigenvalue weighted by atomic mass is 10.2. The second-order valence-corrected chi connectivity index (χ2v) is 4.77. The maximum atomic E-state index is 11.7. The number of hydrogen-bond acceptors (Lipinski definition) is 3. The van der Waals surface area contributed by atoms with Crippen LogP contribution in [0.15, 0.2) is 48.7 Å². The van der Waals surface area contributed by atoms with Gasteiger partial charge in [0.2, 0.25) is 0 Å². The highest BCUT2D eigenvalue weighted by atomic mass is 35.5. The van der Waals surface area contributed by atoms with Gasteiger partial charge >= 0.3 is 12.1 Å². The molecule has 1 heterocycles. The van der Waals surface area contributed by atoms with Crippen LogP contribution in [-0.4, -0.2) is 28.1 Å². The number of benzene rings is 1. The molecule has 1 aromatic carbocycles. The summed E-state index contributed by atoms with van der Waals surface area (Å²) in [4.78, 5) is 24.6. The van der Waals surface area contributed by atoms with Crippen LogP contribution in [0.2, 0.25) is 5.02 Å². The Kier molecular flexibility index (Phi) is 7.19. The first-order valence-corrected chi connectivity index (χ1v) is 6.81. The highest BCUT2D eigenvalue weighted by molar-refractivity contribution is 6.30. The number of pyridine rings is 1. The lowest BCUT2D eigenvalue weighted by Crippen LogP contribution is -2.23. The molecule has 1 aromatic heterocycles. The van der Waals surface area contributed by atoms with E-state index in [0.29, 0.717) is 17.3 Å². The van der Waals surface area contributed by atoms with Gasteiger partial charge in [-0.05, 0) is 29.8 Å². The van der Waals surface area contributed by atoms with Gasteiger partial charge in [-0.3, -0.25) is 9.78 Å². The highest BCUT2D eigenvalue weighted by Gasteiger charge is 2.38. The summed E-state index contributed by atoms with van der Waals surface area (Å²) in [5.41, 5.74) is 1.37. The number of hydrogen-bond donors (Lipinski definition) is 2. The van der Waals surface area contributed by atoms with Crippen LogP contribution in [0, 0.1) is 0 Å². The van der Waals surface area contributed by atoms with Crippen LogP contribution in [0.5, 0.6) is 0 Å². The van der Waals surface area contributed by atoms with E-state index in [9.17, 15) is 18.0 Å². The van der Waals surface area contributed by atoms with Crippen LogP contribution in [0.1, 0.15) is 16.1 Å². The molecule has 0 radical (unpaired) electrons. The fraction of sp³-hybridized carbons (Fsp3) is 0.133. The average molecular weight is 361 g/mol. The van der Waals surface area contributed by atoms with Crippen molar-refractivity contribution in [2.45, 2.75) is 12.7 Å². The van der Waals surface area contributed by atoms with Gasteiger partial charge in [0, 0.05) is 17.8 Å². The predicted octanol–water partition coefficient (Wildman–Crippen LogP) is 3.30. The third-order valence-corrected chi connectivity index (χ3v) is 2.72. The SMILES string of the molecule is O=C(NCc1cccc(Cl)c1)c1ccccn1.O=C(O)C(F)(F)F. The summed E-state index contributed by atoms with van der Waals surface area (Å²) in [5.74, 6) is -2.95. The molecular weight excluding hydrogens is 349 g/mol. The van der Waals surface area contributed by atoms with Gasteiger partial charge in [-0.1, -0.05) is 29.8 Å². The van der Waals surface area contributed by atoms with Crippen molar-refractivity contribution in [2.24, 2.45) is 0 Å². The van der Waals surface area contributed by atoms with Gasteiger partial charge < -0.3 is 10.4 Å². The van der Waals surface area contributed by atoms with Gasteiger partial charge in [0.05, 0.1) is 0 Å². The molecule has 128 valence electrons. The number of carboxylic acids is 1. The molecule has 0 fully saturated rings. The number of nitrogens with zero attached hydrogens (tertiary/aromatic N) is 1. The van der Waals surface area contributed by atoms with Crippen molar-refractivity contribution in [2.75, 3.05) is 0 Å². The van der Waals surface area contributed by atoms with E-state index in [1.165, 1.54) is 0 Å². The van der Waals surface area contributed by atoms with Gasteiger partial charge in [-0.15, -0.1) is 0 Å². The van der Waals surface area contributed by atoms with E-state index in [-0.39, 0.29) is 5.91 Å². The van der Waals surface area contributed by atoms with Crippen LogP contribution in [0.3, 0.4) is 0 Å². The molecule has 0 saturated heterocycles. The fourth-order valence-corrected chi connectivity index (χ4v) is 1.63. The average Bonchev–Trinajstić information content (AvgIpc) is 2.53. The van der Waals surface area contributed by atoms with Crippen molar-refractivity contribution < 1.29 is 27.9 Å². The van der Waals surface area contributed by atoms with E-state index < -0.39 is 12.1 Å². The van der Waals surface area contributed by atoms with Crippen molar-refractivity contribution in [1.82, 2.24) is 10.3 Å². The Bertz CT molecular complexity index is 694. The zero-order chi connectivity index (χ0) is 18.2. The summed E-state index contributed by atoms with van der Waals surface area (Å²) in [5, 5.41) is 10.6. The third kappa shape index (κ3) is 7.10. The number of carbonyl (C=O) groups excluding carboxylic acids is 1. The topological polar surface area (TPSA) is 79.3 Å². The fourth-order valence-electron chi connectivity index (χ4n) is 1.42. The Hall–Kier alpha value is -2.61. The monoisotopic (exact) mass is 360 g/mol. The molecule has 0 bridgehead atoms. The summed E-state index contributed by atoms with van der Waals surface area (Å²) in [6.07, 6.45) is -3.49. The molecule has 0 aliphatic carbocycles. The van der Waals surface area contributed by atoms with Crippen LogP contribution < -0.4 is 5.32 Å². The van der Waals surface area contributed by atoms with E-state index in [0.717, 1.165) is 5.56 Å². The smallest absolute Gasteiger partial charge is 0.475 e. The van der Waals surface area contributed by atoms with E-state index in [1.807, 2.05) is 18.2 Å². The largest absolute Gasteiger partial charge is 0.490 e. The number of rotatable bonds is 3. The molecule has 2 rings (SSSR count). The second-order valence-electron chi connectivity index (χ2n) is 4.33.